The second-order valence-corrected chi connectivity index (χ2v) is 5.60. The summed E-state index contributed by atoms with van der Waals surface area (Å²) in [5.74, 6) is -0.280. The summed E-state index contributed by atoms with van der Waals surface area (Å²) in [5.41, 5.74) is 2.31. The van der Waals surface area contributed by atoms with Crippen LogP contribution in [0.4, 0.5) is 5.69 Å². The zero-order chi connectivity index (χ0) is 16.9. The third-order valence-corrected chi connectivity index (χ3v) is 3.46. The van der Waals surface area contributed by atoms with Crippen LogP contribution >= 0.6 is 0 Å². The Labute approximate surface area is 139 Å². The first-order chi connectivity index (χ1) is 11.6. The van der Waals surface area contributed by atoms with Crippen molar-refractivity contribution in [2.24, 2.45) is 0 Å². The number of pyridine rings is 1. The van der Waals surface area contributed by atoms with E-state index in [2.05, 4.69) is 30.5 Å². The van der Waals surface area contributed by atoms with E-state index in [0.717, 1.165) is 13.1 Å². The first kappa shape index (κ1) is 15.9. The number of nitrogens with zero attached hydrogens (tertiary/aromatic N) is 5. The average Bonchev–Trinajstić information content (AvgIpc) is 3.23. The van der Waals surface area contributed by atoms with Crippen LogP contribution in [0.15, 0.2) is 42.9 Å². The Morgan fingerprint density at radius 2 is 2.21 bits per heavy atom. The molecule has 8 heteroatoms. The maximum Gasteiger partial charge on any atom is 0.276 e. The van der Waals surface area contributed by atoms with Crippen LogP contribution in [0.2, 0.25) is 0 Å². The van der Waals surface area contributed by atoms with Crippen LogP contribution in [-0.2, 0) is 6.54 Å². The number of hydrogen-bond donors (Lipinski definition) is 2. The molecule has 8 nitrogen and oxygen atoms in total. The molecule has 0 aliphatic carbocycles. The monoisotopic (exact) mass is 325 g/mol. The first-order valence-electron chi connectivity index (χ1n) is 7.58. The van der Waals surface area contributed by atoms with Gasteiger partial charge >= 0.3 is 0 Å². The molecule has 0 bridgehead atoms. The number of aromatic nitrogens is 5. The number of likely N-dealkylation sites (N-methyl/N-ethyl adjacent to an activating group) is 1. The molecule has 3 rings (SSSR count). The molecule has 1 amide bonds. The van der Waals surface area contributed by atoms with Gasteiger partial charge in [0.05, 0.1) is 24.1 Å². The van der Waals surface area contributed by atoms with E-state index >= 15 is 0 Å². The highest BCUT2D eigenvalue weighted by atomic mass is 16.2. The summed E-state index contributed by atoms with van der Waals surface area (Å²) in [4.78, 5) is 18.7. The fraction of sp³-hybridized carbons (Fsp3) is 0.250. The predicted octanol–water partition coefficient (Wildman–Crippen LogP) is 1.48. The number of aromatic amines is 1. The second kappa shape index (κ2) is 7.05. The topological polar surface area (TPSA) is 91.7 Å². The van der Waals surface area contributed by atoms with Gasteiger partial charge in [0, 0.05) is 18.9 Å². The molecule has 0 aromatic carbocycles. The number of nitrogens with one attached hydrogen (secondary N) is 2. The van der Waals surface area contributed by atoms with Gasteiger partial charge in [-0.1, -0.05) is 6.07 Å². The zero-order valence-electron chi connectivity index (χ0n) is 13.6. The molecule has 0 saturated heterocycles. The van der Waals surface area contributed by atoms with Gasteiger partial charge in [-0.15, -0.1) is 0 Å². The molecule has 0 radical (unpaired) electrons. The third-order valence-electron chi connectivity index (χ3n) is 3.46. The number of hydrogen-bond acceptors (Lipinski definition) is 5. The second-order valence-electron chi connectivity index (χ2n) is 5.60. The van der Waals surface area contributed by atoms with E-state index in [9.17, 15) is 4.79 Å². The van der Waals surface area contributed by atoms with Gasteiger partial charge in [0.15, 0.2) is 5.69 Å². The Kier molecular flexibility index (Phi) is 4.66. The van der Waals surface area contributed by atoms with E-state index in [-0.39, 0.29) is 5.91 Å². The van der Waals surface area contributed by atoms with Gasteiger partial charge in [0.1, 0.15) is 5.69 Å². The number of carbonyl (C=O) groups is 1. The summed E-state index contributed by atoms with van der Waals surface area (Å²) in [5, 5.41) is 14.0. The molecule has 0 saturated carbocycles. The van der Waals surface area contributed by atoms with Crippen molar-refractivity contribution in [3.05, 3.63) is 48.5 Å². The SMILES string of the molecule is CN(C)CCn1ccc(C(=O)Nc2cn[nH]c2-c2ccccn2)n1. The Hall–Kier alpha value is -3.00. The standard InChI is InChI=1S/C16H19N7O/c1-22(2)9-10-23-8-6-13(21-23)16(24)19-14-11-18-20-15(14)12-5-3-4-7-17-12/h3-8,11H,9-10H2,1-2H3,(H,18,20)(H,19,24). The molecule has 0 fully saturated rings. The van der Waals surface area contributed by atoms with Gasteiger partial charge in [0.2, 0.25) is 0 Å². The molecule has 3 aromatic rings. The minimum atomic E-state index is -0.280. The number of H-pyrrole nitrogens is 1. The van der Waals surface area contributed by atoms with Gasteiger partial charge in [-0.25, -0.2) is 0 Å². The Morgan fingerprint density at radius 1 is 1.33 bits per heavy atom. The summed E-state index contributed by atoms with van der Waals surface area (Å²) in [6.07, 6.45) is 5.05. The molecule has 24 heavy (non-hydrogen) atoms. The van der Waals surface area contributed by atoms with Crippen molar-refractivity contribution in [2.75, 3.05) is 26.0 Å². The first-order valence-corrected chi connectivity index (χ1v) is 7.58. The summed E-state index contributed by atoms with van der Waals surface area (Å²) in [7, 11) is 3.99. The highest BCUT2D eigenvalue weighted by Crippen LogP contribution is 2.23. The van der Waals surface area contributed by atoms with Gasteiger partial charge in [-0.05, 0) is 32.3 Å². The number of rotatable bonds is 6. The van der Waals surface area contributed by atoms with Crippen molar-refractivity contribution in [3.8, 4) is 11.4 Å². The number of amides is 1. The molecule has 3 heterocycles. The van der Waals surface area contributed by atoms with E-state index in [4.69, 9.17) is 0 Å². The largest absolute Gasteiger partial charge is 0.317 e. The average molecular weight is 325 g/mol. The summed E-state index contributed by atoms with van der Waals surface area (Å²) in [6, 6.07) is 7.25. The summed E-state index contributed by atoms with van der Waals surface area (Å²) in [6.45, 7) is 1.58. The van der Waals surface area contributed by atoms with Crippen molar-refractivity contribution < 1.29 is 4.79 Å². The van der Waals surface area contributed by atoms with E-state index in [1.54, 1.807) is 29.3 Å². The number of carbonyl (C=O) groups excluding carboxylic acids is 1. The van der Waals surface area contributed by atoms with Crippen molar-refractivity contribution in [3.63, 3.8) is 0 Å². The van der Waals surface area contributed by atoms with Crippen molar-refractivity contribution in [1.82, 2.24) is 29.9 Å². The predicted molar refractivity (Wildman–Crippen MR) is 90.6 cm³/mol. The van der Waals surface area contributed by atoms with Crippen molar-refractivity contribution in [2.45, 2.75) is 6.54 Å². The zero-order valence-corrected chi connectivity index (χ0v) is 13.6. The lowest BCUT2D eigenvalue weighted by Gasteiger charge is -2.08. The Morgan fingerprint density at radius 3 is 2.96 bits per heavy atom. The third kappa shape index (κ3) is 3.66. The normalized spacial score (nSPS) is 11.0. The molecule has 0 unspecified atom stereocenters. The quantitative estimate of drug-likeness (QED) is 0.716. The fourth-order valence-corrected chi connectivity index (χ4v) is 2.18. The van der Waals surface area contributed by atoms with E-state index in [1.165, 1.54) is 0 Å². The lowest BCUT2D eigenvalue weighted by molar-refractivity contribution is 0.102. The fourth-order valence-electron chi connectivity index (χ4n) is 2.18. The molecule has 2 N–H and O–H groups in total. The highest BCUT2D eigenvalue weighted by Gasteiger charge is 2.15. The molecule has 3 aromatic heterocycles. The molecular weight excluding hydrogens is 306 g/mol. The maximum atomic E-state index is 12.4. The molecular formula is C16H19N7O. The molecule has 0 atom stereocenters. The van der Waals surface area contributed by atoms with Crippen LogP contribution < -0.4 is 5.32 Å². The lowest BCUT2D eigenvalue weighted by atomic mass is 10.2. The van der Waals surface area contributed by atoms with Crippen molar-refractivity contribution in [1.29, 1.82) is 0 Å². The molecule has 0 spiro atoms. The van der Waals surface area contributed by atoms with Gasteiger partial charge < -0.3 is 10.2 Å². The molecule has 0 aliphatic rings. The van der Waals surface area contributed by atoms with Gasteiger partial charge in [-0.2, -0.15) is 10.2 Å². The van der Waals surface area contributed by atoms with Crippen molar-refractivity contribution >= 4 is 11.6 Å². The number of anilines is 1. The van der Waals surface area contributed by atoms with Crippen LogP contribution in [0.25, 0.3) is 11.4 Å². The van der Waals surface area contributed by atoms with Gasteiger partial charge in [0.25, 0.3) is 5.91 Å². The van der Waals surface area contributed by atoms with Crippen LogP contribution in [0.3, 0.4) is 0 Å². The van der Waals surface area contributed by atoms with E-state index < -0.39 is 0 Å². The van der Waals surface area contributed by atoms with Gasteiger partial charge in [-0.3, -0.25) is 19.6 Å². The van der Waals surface area contributed by atoms with Crippen LogP contribution in [0.5, 0.6) is 0 Å². The lowest BCUT2D eigenvalue weighted by Crippen LogP contribution is -2.19. The summed E-state index contributed by atoms with van der Waals surface area (Å²) >= 11 is 0. The minimum Gasteiger partial charge on any atom is -0.317 e. The van der Waals surface area contributed by atoms with Crippen LogP contribution in [0.1, 0.15) is 10.5 Å². The van der Waals surface area contributed by atoms with Crippen LogP contribution in [0, 0.1) is 0 Å². The smallest absolute Gasteiger partial charge is 0.276 e. The Bertz CT molecular complexity index is 807. The van der Waals surface area contributed by atoms with E-state index in [1.807, 2.05) is 32.3 Å². The van der Waals surface area contributed by atoms with E-state index in [0.29, 0.717) is 22.8 Å². The van der Waals surface area contributed by atoms with Crippen LogP contribution in [-0.4, -0.2) is 56.4 Å². The molecule has 124 valence electrons. The molecule has 0 aliphatic heterocycles. The minimum absolute atomic E-state index is 0.280. The highest BCUT2D eigenvalue weighted by molar-refractivity contribution is 6.04. The Balaban J connectivity index is 1.71. The summed E-state index contributed by atoms with van der Waals surface area (Å²) < 4.78 is 1.75. The maximum absolute atomic E-state index is 12.4.